The number of hydrogen-bond donors (Lipinski definition) is 2. The van der Waals surface area contributed by atoms with Gasteiger partial charge in [0.1, 0.15) is 4.99 Å². The molecule has 3 nitrogen and oxygen atoms in total. The van der Waals surface area contributed by atoms with Crippen molar-refractivity contribution in [3.63, 3.8) is 0 Å². The van der Waals surface area contributed by atoms with Crippen LogP contribution < -0.4 is 11.1 Å². The molecule has 0 spiro atoms. The van der Waals surface area contributed by atoms with Gasteiger partial charge in [-0.3, -0.25) is 0 Å². The van der Waals surface area contributed by atoms with Crippen molar-refractivity contribution in [2.24, 2.45) is 5.73 Å². The third-order valence-corrected chi connectivity index (χ3v) is 3.17. The Labute approximate surface area is 121 Å². The van der Waals surface area contributed by atoms with Crippen molar-refractivity contribution in [3.8, 4) is 0 Å². The Morgan fingerprint density at radius 3 is 2.55 bits per heavy atom. The van der Waals surface area contributed by atoms with Crippen LogP contribution in [0.25, 0.3) is 0 Å². The number of alkyl halides is 3. The van der Waals surface area contributed by atoms with Crippen LogP contribution in [0.1, 0.15) is 18.1 Å². The molecule has 112 valence electrons. The number of halogens is 3. The number of nitrogens with two attached hydrogens (primary N) is 1. The second-order valence-corrected chi connectivity index (χ2v) is 4.88. The van der Waals surface area contributed by atoms with Gasteiger partial charge in [0.25, 0.3) is 0 Å². The average molecular weight is 305 g/mol. The van der Waals surface area contributed by atoms with Crippen LogP contribution in [-0.4, -0.2) is 36.6 Å². The molecule has 0 saturated carbocycles. The summed E-state index contributed by atoms with van der Waals surface area (Å²) < 4.78 is 38.8. The van der Waals surface area contributed by atoms with Gasteiger partial charge in [0, 0.05) is 24.3 Å². The first-order valence-corrected chi connectivity index (χ1v) is 6.60. The molecule has 0 bridgehead atoms. The number of nitrogens with one attached hydrogen (secondary N) is 1. The predicted octanol–water partition coefficient (Wildman–Crippen LogP) is 2.70. The van der Waals surface area contributed by atoms with Crippen LogP contribution in [-0.2, 0) is 6.18 Å². The minimum absolute atomic E-state index is 0.149. The van der Waals surface area contributed by atoms with Crippen LogP contribution in [0, 0.1) is 0 Å². The zero-order chi connectivity index (χ0) is 15.3. The van der Waals surface area contributed by atoms with Crippen molar-refractivity contribution in [3.05, 3.63) is 29.3 Å². The Bertz CT molecular complexity index is 474. The topological polar surface area (TPSA) is 41.3 Å². The normalized spacial score (nSPS) is 11.7. The number of anilines is 1. The van der Waals surface area contributed by atoms with E-state index in [-0.39, 0.29) is 10.6 Å². The molecule has 20 heavy (non-hydrogen) atoms. The zero-order valence-electron chi connectivity index (χ0n) is 11.4. The minimum atomic E-state index is -4.48. The quantitative estimate of drug-likeness (QED) is 0.793. The summed E-state index contributed by atoms with van der Waals surface area (Å²) in [5.74, 6) is 0. The monoisotopic (exact) mass is 305 g/mol. The van der Waals surface area contributed by atoms with E-state index in [9.17, 15) is 13.2 Å². The van der Waals surface area contributed by atoms with Crippen LogP contribution in [0.5, 0.6) is 0 Å². The van der Waals surface area contributed by atoms with Crippen LogP contribution in [0.3, 0.4) is 0 Å². The lowest BCUT2D eigenvalue weighted by Gasteiger charge is -2.17. The molecule has 0 unspecified atom stereocenters. The molecule has 1 rings (SSSR count). The van der Waals surface area contributed by atoms with Gasteiger partial charge in [0.2, 0.25) is 0 Å². The molecule has 3 N–H and O–H groups in total. The smallest absolute Gasteiger partial charge is 0.389 e. The molecule has 1 aromatic rings. The Balaban J connectivity index is 2.88. The van der Waals surface area contributed by atoms with E-state index >= 15 is 0 Å². The molecule has 0 aliphatic rings. The number of thiocarbonyl (C=S) groups is 1. The van der Waals surface area contributed by atoms with Crippen LogP contribution in [0.15, 0.2) is 18.2 Å². The SMILES string of the molecule is CCN(C)CCNc1ccc(C(N)=S)c(C(F)(F)F)c1. The van der Waals surface area contributed by atoms with Gasteiger partial charge < -0.3 is 16.0 Å². The van der Waals surface area contributed by atoms with Gasteiger partial charge in [-0.1, -0.05) is 19.1 Å². The van der Waals surface area contributed by atoms with E-state index < -0.39 is 11.7 Å². The van der Waals surface area contributed by atoms with Gasteiger partial charge >= 0.3 is 6.18 Å². The van der Waals surface area contributed by atoms with E-state index in [2.05, 4.69) is 22.4 Å². The summed E-state index contributed by atoms with van der Waals surface area (Å²) in [6.45, 7) is 4.21. The second kappa shape index (κ2) is 6.90. The molecule has 0 atom stereocenters. The molecular weight excluding hydrogens is 287 g/mol. The Kier molecular flexibility index (Phi) is 5.76. The molecule has 0 aliphatic carbocycles. The van der Waals surface area contributed by atoms with Crippen molar-refractivity contribution in [1.29, 1.82) is 0 Å². The van der Waals surface area contributed by atoms with Crippen molar-refractivity contribution in [2.45, 2.75) is 13.1 Å². The number of hydrogen-bond acceptors (Lipinski definition) is 3. The Morgan fingerprint density at radius 2 is 2.05 bits per heavy atom. The van der Waals surface area contributed by atoms with Gasteiger partial charge in [-0.05, 0) is 31.8 Å². The first kappa shape index (κ1) is 16.7. The molecule has 0 saturated heterocycles. The van der Waals surface area contributed by atoms with Crippen molar-refractivity contribution >= 4 is 22.9 Å². The predicted molar refractivity (Wildman–Crippen MR) is 79.0 cm³/mol. The van der Waals surface area contributed by atoms with Crippen LogP contribution >= 0.6 is 12.2 Å². The van der Waals surface area contributed by atoms with Gasteiger partial charge in [0.05, 0.1) is 5.56 Å². The van der Waals surface area contributed by atoms with Crippen molar-refractivity contribution in [2.75, 3.05) is 32.0 Å². The van der Waals surface area contributed by atoms with E-state index in [4.69, 9.17) is 5.73 Å². The van der Waals surface area contributed by atoms with E-state index in [0.29, 0.717) is 12.2 Å². The molecule has 0 aliphatic heterocycles. The molecule has 0 aromatic heterocycles. The number of benzene rings is 1. The maximum Gasteiger partial charge on any atom is 0.417 e. The molecule has 1 aromatic carbocycles. The number of nitrogens with zero attached hydrogens (tertiary/aromatic N) is 1. The molecule has 0 radical (unpaired) electrons. The summed E-state index contributed by atoms with van der Waals surface area (Å²) in [5.41, 5.74) is 4.77. The molecule has 0 heterocycles. The van der Waals surface area contributed by atoms with Gasteiger partial charge in [-0.2, -0.15) is 13.2 Å². The van der Waals surface area contributed by atoms with Crippen LogP contribution in [0.4, 0.5) is 18.9 Å². The first-order valence-electron chi connectivity index (χ1n) is 6.19. The largest absolute Gasteiger partial charge is 0.417 e. The highest BCUT2D eigenvalue weighted by atomic mass is 32.1. The fourth-order valence-electron chi connectivity index (χ4n) is 1.65. The van der Waals surface area contributed by atoms with Gasteiger partial charge in [-0.15, -0.1) is 0 Å². The highest BCUT2D eigenvalue weighted by Gasteiger charge is 2.34. The lowest BCUT2D eigenvalue weighted by atomic mass is 10.1. The fourth-order valence-corrected chi connectivity index (χ4v) is 1.83. The number of likely N-dealkylation sites (N-methyl/N-ethyl adjacent to an activating group) is 1. The summed E-state index contributed by atoms with van der Waals surface area (Å²) >= 11 is 4.65. The minimum Gasteiger partial charge on any atom is -0.389 e. The standard InChI is InChI=1S/C13H18F3N3S/c1-3-19(2)7-6-18-9-4-5-10(12(17)20)11(8-9)13(14,15)16/h4-5,8,18H,3,6-7H2,1-2H3,(H2,17,20). The summed E-state index contributed by atoms with van der Waals surface area (Å²) in [7, 11) is 1.94. The maximum atomic E-state index is 12.9. The third-order valence-electron chi connectivity index (χ3n) is 2.95. The average Bonchev–Trinajstić information content (AvgIpc) is 2.37. The molecular formula is C13H18F3N3S. The van der Waals surface area contributed by atoms with E-state index in [0.717, 1.165) is 19.2 Å². The molecule has 0 amide bonds. The second-order valence-electron chi connectivity index (χ2n) is 4.45. The zero-order valence-corrected chi connectivity index (χ0v) is 12.2. The van der Waals surface area contributed by atoms with Gasteiger partial charge in [0.15, 0.2) is 0 Å². The first-order chi connectivity index (χ1) is 9.25. The lowest BCUT2D eigenvalue weighted by molar-refractivity contribution is -0.137. The molecule has 7 heteroatoms. The lowest BCUT2D eigenvalue weighted by Crippen LogP contribution is -2.25. The Hall–Kier alpha value is -1.34. The van der Waals surface area contributed by atoms with Gasteiger partial charge in [-0.25, -0.2) is 0 Å². The van der Waals surface area contributed by atoms with Crippen molar-refractivity contribution < 1.29 is 13.2 Å². The van der Waals surface area contributed by atoms with Crippen LogP contribution in [0.2, 0.25) is 0 Å². The highest BCUT2D eigenvalue weighted by molar-refractivity contribution is 7.80. The fraction of sp³-hybridized carbons (Fsp3) is 0.462. The maximum absolute atomic E-state index is 12.9. The molecule has 0 fully saturated rings. The van der Waals surface area contributed by atoms with E-state index in [1.54, 1.807) is 6.07 Å². The summed E-state index contributed by atoms with van der Waals surface area (Å²) in [5, 5.41) is 2.96. The summed E-state index contributed by atoms with van der Waals surface area (Å²) in [6, 6.07) is 3.90. The number of rotatable bonds is 6. The summed E-state index contributed by atoms with van der Waals surface area (Å²) in [6.07, 6.45) is -4.48. The van der Waals surface area contributed by atoms with E-state index in [1.165, 1.54) is 6.07 Å². The highest BCUT2D eigenvalue weighted by Crippen LogP contribution is 2.33. The van der Waals surface area contributed by atoms with E-state index in [1.807, 2.05) is 14.0 Å². The van der Waals surface area contributed by atoms with Crippen molar-refractivity contribution in [1.82, 2.24) is 4.90 Å². The third kappa shape index (κ3) is 4.64. The summed E-state index contributed by atoms with van der Waals surface area (Å²) in [4.78, 5) is 1.80. The Morgan fingerprint density at radius 1 is 1.40 bits per heavy atom.